The third kappa shape index (κ3) is 6.18. The van der Waals surface area contributed by atoms with Crippen molar-refractivity contribution in [1.29, 1.82) is 0 Å². The molecule has 0 aliphatic rings. The maximum Gasteiger partial charge on any atom is 0.460 e. The van der Waals surface area contributed by atoms with Gasteiger partial charge in [-0.2, -0.15) is 96.2 Å². The van der Waals surface area contributed by atoms with E-state index >= 15 is 0 Å². The van der Waals surface area contributed by atoms with Crippen molar-refractivity contribution in [2.75, 3.05) is 0 Å². The van der Waals surface area contributed by atoms with Crippen LogP contribution >= 0.6 is 0 Å². The molecule has 25 heteroatoms. The quantitative estimate of drug-likeness (QED) is 0.0942. The van der Waals surface area contributed by atoms with Crippen LogP contribution in [0.1, 0.15) is 45.4 Å². The SMILES string of the molecule is CCCCCCCC(F)(F)C(F)(F)C(F)(F)C(F)(F)C(F)(F)C(F)(F)C(F)(F)C(F)(F)OC(F)(F)C(F)(F)S(=O)(=O)O. The predicted molar refractivity (Wildman–Crippen MR) is 95.5 cm³/mol. The highest BCUT2D eigenvalue weighted by Gasteiger charge is 2.95. The van der Waals surface area contributed by atoms with Crippen LogP contribution in [0, 0.1) is 0 Å². The lowest BCUT2D eigenvalue weighted by molar-refractivity contribution is -0.504. The van der Waals surface area contributed by atoms with E-state index in [1.807, 2.05) is 0 Å². The fraction of sp³-hybridized carbons (Fsp3) is 1.00. The van der Waals surface area contributed by atoms with Gasteiger partial charge in [-0.05, 0) is 6.42 Å². The molecule has 0 bridgehead atoms. The Balaban J connectivity index is 6.73. The molecule has 0 unspecified atom stereocenters. The maximum atomic E-state index is 13.8. The molecule has 42 heavy (non-hydrogen) atoms. The lowest BCUT2D eigenvalue weighted by Crippen LogP contribution is -2.75. The van der Waals surface area contributed by atoms with Gasteiger partial charge in [0.25, 0.3) is 0 Å². The Bertz CT molecular complexity index is 1040. The summed E-state index contributed by atoms with van der Waals surface area (Å²) >= 11 is 0. The average molecular weight is 696 g/mol. The fourth-order valence-corrected chi connectivity index (χ4v) is 3.09. The highest BCUT2D eigenvalue weighted by atomic mass is 32.2. The standard InChI is InChI=1S/C17H16F20O4S/c1-2-3-4-5-6-7-8(18,19)9(20,21)10(22,23)11(24,25)12(26,27)13(28,29)14(30,31)15(32,33)41-16(34,35)17(36,37)42(38,39)40/h2-7H2,1H3,(H,38,39,40). The molecule has 4 nitrogen and oxygen atoms in total. The van der Waals surface area contributed by atoms with Crippen LogP contribution in [0.25, 0.3) is 0 Å². The van der Waals surface area contributed by atoms with Gasteiger partial charge >= 0.3 is 69.0 Å². The van der Waals surface area contributed by atoms with E-state index < -0.39 is 88.3 Å². The van der Waals surface area contributed by atoms with Crippen LogP contribution in [-0.2, 0) is 14.9 Å². The second-order valence-electron chi connectivity index (χ2n) is 8.44. The van der Waals surface area contributed by atoms with Gasteiger partial charge in [0.2, 0.25) is 0 Å². The van der Waals surface area contributed by atoms with Gasteiger partial charge in [-0.3, -0.25) is 4.55 Å². The Morgan fingerprint density at radius 3 is 1.19 bits per heavy atom. The normalized spacial score (nSPS) is 16.2. The molecule has 0 aromatic rings. The average Bonchev–Trinajstić information content (AvgIpc) is 2.76. The molecule has 0 heterocycles. The smallest absolute Gasteiger partial charge is 0.281 e. The van der Waals surface area contributed by atoms with Crippen molar-refractivity contribution in [3.63, 3.8) is 0 Å². The first-order valence-corrected chi connectivity index (χ1v) is 11.9. The van der Waals surface area contributed by atoms with E-state index in [9.17, 15) is 96.2 Å². The molecule has 0 spiro atoms. The molecule has 0 radical (unpaired) electrons. The first-order valence-electron chi connectivity index (χ1n) is 10.5. The van der Waals surface area contributed by atoms with Crippen LogP contribution in [-0.4, -0.2) is 71.9 Å². The van der Waals surface area contributed by atoms with Gasteiger partial charge in [0, 0.05) is 6.42 Å². The number of rotatable bonds is 17. The number of ether oxygens (including phenoxy) is 1. The first-order chi connectivity index (χ1) is 18.0. The highest BCUT2D eigenvalue weighted by Crippen LogP contribution is 2.64. The minimum atomic E-state index is -9.07. The summed E-state index contributed by atoms with van der Waals surface area (Å²) in [6.07, 6.45) is -20.0. The largest absolute Gasteiger partial charge is 0.460 e. The van der Waals surface area contributed by atoms with Gasteiger partial charge in [0.15, 0.2) is 0 Å². The molecule has 0 amide bonds. The molecule has 0 aliphatic carbocycles. The zero-order chi connectivity index (χ0) is 34.4. The summed E-state index contributed by atoms with van der Waals surface area (Å²) < 4.78 is 300. The number of hydrogen-bond acceptors (Lipinski definition) is 3. The second-order valence-corrected chi connectivity index (χ2v) is 9.91. The molecule has 0 aromatic heterocycles. The van der Waals surface area contributed by atoms with Crippen LogP contribution in [0.2, 0.25) is 0 Å². The van der Waals surface area contributed by atoms with Crippen molar-refractivity contribution in [1.82, 2.24) is 0 Å². The Kier molecular flexibility index (Phi) is 11.0. The van der Waals surface area contributed by atoms with E-state index in [0.717, 1.165) is 4.74 Å². The molecule has 0 saturated carbocycles. The molecule has 254 valence electrons. The molecule has 0 atom stereocenters. The first kappa shape index (κ1) is 40.5. The summed E-state index contributed by atoms with van der Waals surface area (Å²) in [5, 5.41) is -7.52. The van der Waals surface area contributed by atoms with Crippen molar-refractivity contribution in [2.45, 2.75) is 104 Å². The minimum Gasteiger partial charge on any atom is -0.281 e. The molecule has 0 aliphatic heterocycles. The van der Waals surface area contributed by atoms with Crippen molar-refractivity contribution < 1.29 is 106 Å². The van der Waals surface area contributed by atoms with E-state index in [1.165, 1.54) is 6.92 Å². The van der Waals surface area contributed by atoms with Gasteiger partial charge in [-0.1, -0.05) is 32.6 Å². The number of hydrogen-bond donors (Lipinski definition) is 1. The van der Waals surface area contributed by atoms with Gasteiger partial charge in [-0.25, -0.2) is 4.74 Å². The highest BCUT2D eigenvalue weighted by molar-refractivity contribution is 7.86. The van der Waals surface area contributed by atoms with Crippen molar-refractivity contribution in [3.05, 3.63) is 0 Å². The monoisotopic (exact) mass is 696 g/mol. The van der Waals surface area contributed by atoms with Gasteiger partial charge in [-0.15, -0.1) is 0 Å². The summed E-state index contributed by atoms with van der Waals surface area (Å²) in [5.41, 5.74) is 0. The fourth-order valence-electron chi connectivity index (χ4n) is 2.74. The molecule has 0 saturated heterocycles. The number of alkyl halides is 20. The summed E-state index contributed by atoms with van der Waals surface area (Å²) in [5.74, 6) is -58.8. The van der Waals surface area contributed by atoms with Crippen molar-refractivity contribution in [3.8, 4) is 0 Å². The summed E-state index contributed by atoms with van der Waals surface area (Å²) in [7, 11) is -7.72. The topological polar surface area (TPSA) is 63.6 Å². The maximum absolute atomic E-state index is 13.8. The Morgan fingerprint density at radius 2 is 0.833 bits per heavy atom. The predicted octanol–water partition coefficient (Wildman–Crippen LogP) is 8.48. The second kappa shape index (κ2) is 11.4. The van der Waals surface area contributed by atoms with E-state index in [4.69, 9.17) is 4.55 Å². The van der Waals surface area contributed by atoms with E-state index in [1.54, 1.807) is 0 Å². The zero-order valence-electron chi connectivity index (χ0n) is 19.9. The van der Waals surface area contributed by atoms with Gasteiger partial charge in [0.1, 0.15) is 0 Å². The van der Waals surface area contributed by atoms with Crippen molar-refractivity contribution >= 4 is 10.1 Å². The molecular formula is C17H16F20O4S. The minimum absolute atomic E-state index is 0.0599. The van der Waals surface area contributed by atoms with Crippen LogP contribution in [0.5, 0.6) is 0 Å². The van der Waals surface area contributed by atoms with Crippen LogP contribution < -0.4 is 0 Å². The van der Waals surface area contributed by atoms with Crippen LogP contribution in [0.15, 0.2) is 0 Å². The molecule has 0 aromatic carbocycles. The lowest BCUT2D eigenvalue weighted by Gasteiger charge is -2.43. The van der Waals surface area contributed by atoms with Crippen LogP contribution in [0.4, 0.5) is 87.8 Å². The third-order valence-corrected chi connectivity index (χ3v) is 6.20. The van der Waals surface area contributed by atoms with E-state index in [0.29, 0.717) is 6.42 Å². The summed E-state index contributed by atoms with van der Waals surface area (Å²) in [4.78, 5) is 0. The van der Waals surface area contributed by atoms with Gasteiger partial charge in [0.05, 0.1) is 0 Å². The molecule has 1 N–H and O–H groups in total. The zero-order valence-corrected chi connectivity index (χ0v) is 20.7. The molecular weight excluding hydrogens is 680 g/mol. The summed E-state index contributed by atoms with van der Waals surface area (Å²) in [6, 6.07) is 0. The van der Waals surface area contributed by atoms with Gasteiger partial charge < -0.3 is 0 Å². The Morgan fingerprint density at radius 1 is 0.500 bits per heavy atom. The summed E-state index contributed by atoms with van der Waals surface area (Å²) in [6.45, 7) is 1.52. The van der Waals surface area contributed by atoms with E-state index in [2.05, 4.69) is 0 Å². The Hall–Kier alpha value is -1.53. The van der Waals surface area contributed by atoms with E-state index in [-0.39, 0.29) is 12.8 Å². The Labute approximate surface area is 221 Å². The van der Waals surface area contributed by atoms with Crippen molar-refractivity contribution in [2.24, 2.45) is 0 Å². The number of halogens is 20. The van der Waals surface area contributed by atoms with Crippen LogP contribution in [0.3, 0.4) is 0 Å². The third-order valence-electron chi connectivity index (χ3n) is 5.31. The molecule has 0 fully saturated rings. The molecule has 0 rings (SSSR count). The number of unbranched alkanes of at least 4 members (excludes halogenated alkanes) is 4. The lowest BCUT2D eigenvalue weighted by atomic mass is 9.87.